The molecule has 2 heterocycles. The molecule has 43 heavy (non-hydrogen) atoms. The average molecular weight is 575 g/mol. The molecule has 6 rings (SSSR count). The number of amides is 1. The van der Waals surface area contributed by atoms with Crippen LogP contribution in [0.1, 0.15) is 38.7 Å². The number of hydrogen-bond donors (Lipinski definition) is 3. The van der Waals surface area contributed by atoms with E-state index in [1.165, 1.54) is 7.11 Å². The van der Waals surface area contributed by atoms with Gasteiger partial charge in [0.15, 0.2) is 0 Å². The molecule has 0 saturated heterocycles. The monoisotopic (exact) mass is 574 g/mol. The molecule has 0 aliphatic carbocycles. The largest absolute Gasteiger partial charge is 0.507 e. The van der Waals surface area contributed by atoms with Crippen molar-refractivity contribution in [3.05, 3.63) is 135 Å². The Bertz CT molecular complexity index is 2010. The molecule has 0 fully saturated rings. The van der Waals surface area contributed by atoms with Crippen LogP contribution < -0.4 is 20.4 Å². The number of para-hydroxylation sites is 3. The molecular weight excluding hydrogens is 544 g/mol. The van der Waals surface area contributed by atoms with Gasteiger partial charge in [-0.2, -0.15) is 0 Å². The van der Waals surface area contributed by atoms with E-state index in [0.29, 0.717) is 46.7 Å². The van der Waals surface area contributed by atoms with E-state index >= 15 is 0 Å². The minimum absolute atomic E-state index is 0.109. The fourth-order valence-electron chi connectivity index (χ4n) is 5.67. The normalized spacial score (nSPS) is 11.9. The summed E-state index contributed by atoms with van der Waals surface area (Å²) in [5, 5.41) is 16.0. The van der Waals surface area contributed by atoms with Gasteiger partial charge >= 0.3 is 5.63 Å². The lowest BCUT2D eigenvalue weighted by Crippen LogP contribution is -2.26. The average Bonchev–Trinajstić information content (AvgIpc) is 3.40. The zero-order valence-electron chi connectivity index (χ0n) is 23.7. The van der Waals surface area contributed by atoms with Crippen molar-refractivity contribution in [2.75, 3.05) is 20.8 Å². The van der Waals surface area contributed by atoms with E-state index in [9.17, 15) is 14.7 Å². The molecule has 0 spiro atoms. The molecule has 8 nitrogen and oxygen atoms in total. The summed E-state index contributed by atoms with van der Waals surface area (Å²) >= 11 is 0. The minimum Gasteiger partial charge on any atom is -0.507 e. The summed E-state index contributed by atoms with van der Waals surface area (Å²) in [5.74, 6) is -0.0358. The number of hydrogen-bond acceptors (Lipinski definition) is 6. The van der Waals surface area contributed by atoms with Crippen molar-refractivity contribution in [2.45, 2.75) is 12.3 Å². The molecule has 0 saturated carbocycles. The summed E-state index contributed by atoms with van der Waals surface area (Å²) in [7, 11) is 3.11. The Balaban J connectivity index is 1.48. The number of aromatic hydroxyl groups is 1. The van der Waals surface area contributed by atoms with E-state index in [2.05, 4.69) is 10.3 Å². The van der Waals surface area contributed by atoms with Crippen molar-refractivity contribution in [3.8, 4) is 17.2 Å². The first-order valence-corrected chi connectivity index (χ1v) is 13.9. The number of fused-ring (bicyclic) bond motifs is 2. The summed E-state index contributed by atoms with van der Waals surface area (Å²) in [6.45, 7) is 0.314. The summed E-state index contributed by atoms with van der Waals surface area (Å²) in [5.41, 5.74) is 3.40. The maximum Gasteiger partial charge on any atom is 0.344 e. The molecule has 0 aliphatic rings. The Morgan fingerprint density at radius 1 is 0.907 bits per heavy atom. The molecule has 3 N–H and O–H groups in total. The number of aromatic nitrogens is 1. The van der Waals surface area contributed by atoms with Gasteiger partial charge < -0.3 is 29.3 Å². The van der Waals surface area contributed by atoms with Crippen LogP contribution in [-0.2, 0) is 6.42 Å². The van der Waals surface area contributed by atoms with Crippen molar-refractivity contribution in [1.29, 1.82) is 0 Å². The van der Waals surface area contributed by atoms with Gasteiger partial charge in [-0.05, 0) is 60.0 Å². The predicted octanol–water partition coefficient (Wildman–Crippen LogP) is 6.15. The molecule has 8 heteroatoms. The van der Waals surface area contributed by atoms with Crippen LogP contribution in [0.25, 0.3) is 21.9 Å². The highest BCUT2D eigenvalue weighted by Gasteiger charge is 2.30. The molecular formula is C35H30N2O6. The maximum atomic E-state index is 13.6. The number of benzene rings is 4. The molecule has 6 aromatic rings. The number of nitrogens with one attached hydrogen (secondary N) is 2. The van der Waals surface area contributed by atoms with Gasteiger partial charge in [0.05, 0.1) is 36.7 Å². The van der Waals surface area contributed by atoms with Crippen LogP contribution in [0.3, 0.4) is 0 Å². The molecule has 216 valence electrons. The van der Waals surface area contributed by atoms with Crippen LogP contribution in [0.4, 0.5) is 0 Å². The second-order valence-corrected chi connectivity index (χ2v) is 10.1. The van der Waals surface area contributed by atoms with Gasteiger partial charge in [0, 0.05) is 23.1 Å². The van der Waals surface area contributed by atoms with Crippen LogP contribution in [0.5, 0.6) is 17.2 Å². The predicted molar refractivity (Wildman–Crippen MR) is 165 cm³/mol. The van der Waals surface area contributed by atoms with Crippen molar-refractivity contribution in [1.82, 2.24) is 10.3 Å². The Morgan fingerprint density at radius 2 is 1.65 bits per heavy atom. The van der Waals surface area contributed by atoms with Gasteiger partial charge in [-0.25, -0.2) is 4.79 Å². The van der Waals surface area contributed by atoms with E-state index in [1.54, 1.807) is 49.6 Å². The quantitative estimate of drug-likeness (QED) is 0.179. The van der Waals surface area contributed by atoms with Gasteiger partial charge in [-0.1, -0.05) is 54.6 Å². The van der Waals surface area contributed by atoms with E-state index in [1.807, 2.05) is 54.6 Å². The molecule has 1 unspecified atom stereocenters. The second-order valence-electron chi connectivity index (χ2n) is 10.1. The first-order chi connectivity index (χ1) is 21.0. The number of rotatable bonds is 9. The lowest BCUT2D eigenvalue weighted by molar-refractivity contribution is 0.0951. The molecule has 4 aromatic carbocycles. The molecule has 1 amide bonds. The third kappa shape index (κ3) is 5.19. The van der Waals surface area contributed by atoms with Gasteiger partial charge in [-0.3, -0.25) is 4.79 Å². The fourth-order valence-corrected chi connectivity index (χ4v) is 5.67. The van der Waals surface area contributed by atoms with Crippen LogP contribution in [0.2, 0.25) is 0 Å². The third-order valence-corrected chi connectivity index (χ3v) is 7.68. The van der Waals surface area contributed by atoms with Crippen LogP contribution >= 0.6 is 0 Å². The Hall–Kier alpha value is -5.50. The molecule has 0 bridgehead atoms. The number of ether oxygens (including phenoxy) is 2. The van der Waals surface area contributed by atoms with E-state index in [0.717, 1.165) is 22.0 Å². The molecule has 0 aliphatic heterocycles. The topological polar surface area (TPSA) is 114 Å². The maximum absolute atomic E-state index is 13.6. The SMILES string of the molecule is COc1cccc(C(c2[nH]c3ccccc3c2CCNC(=O)c2ccccc2OC)c2c(O)c3ccccc3oc2=O)c1. The van der Waals surface area contributed by atoms with Gasteiger partial charge in [0.2, 0.25) is 0 Å². The van der Waals surface area contributed by atoms with E-state index in [4.69, 9.17) is 13.9 Å². The summed E-state index contributed by atoms with van der Waals surface area (Å²) < 4.78 is 16.6. The highest BCUT2D eigenvalue weighted by molar-refractivity contribution is 5.97. The smallest absolute Gasteiger partial charge is 0.344 e. The molecule has 2 aromatic heterocycles. The van der Waals surface area contributed by atoms with Gasteiger partial charge in [0.25, 0.3) is 5.91 Å². The number of carbonyl (C=O) groups excluding carboxylic acids is 1. The summed E-state index contributed by atoms with van der Waals surface area (Å²) in [6, 6.07) is 29.2. The Morgan fingerprint density at radius 3 is 2.47 bits per heavy atom. The zero-order chi connectivity index (χ0) is 29.9. The first-order valence-electron chi connectivity index (χ1n) is 13.9. The lowest BCUT2D eigenvalue weighted by Gasteiger charge is -2.20. The van der Waals surface area contributed by atoms with Crippen LogP contribution in [0.15, 0.2) is 106 Å². The zero-order valence-corrected chi connectivity index (χ0v) is 23.7. The third-order valence-electron chi connectivity index (χ3n) is 7.68. The van der Waals surface area contributed by atoms with Crippen molar-refractivity contribution in [2.24, 2.45) is 0 Å². The summed E-state index contributed by atoms with van der Waals surface area (Å²) in [6.07, 6.45) is 0.445. The Labute approximate surface area is 247 Å². The van der Waals surface area contributed by atoms with Gasteiger partial charge in [0.1, 0.15) is 22.8 Å². The van der Waals surface area contributed by atoms with Crippen LogP contribution in [-0.4, -0.2) is 36.8 Å². The standard InChI is InChI=1S/C35H30N2O6/c1-41-22-11-9-10-21(20-22)30(31-33(38)25-13-4-8-17-29(25)43-35(31)40)32-24(23-12-3-6-15-27(23)37-32)18-19-36-34(39)26-14-5-7-16-28(26)42-2/h3-17,20,30,37-38H,18-19H2,1-2H3,(H,36,39). The van der Waals surface area contributed by atoms with Gasteiger partial charge in [-0.15, -0.1) is 0 Å². The first kappa shape index (κ1) is 27.7. The second kappa shape index (κ2) is 11.8. The number of aromatic amines is 1. The number of methoxy groups -OCH3 is 2. The highest BCUT2D eigenvalue weighted by atomic mass is 16.5. The Kier molecular flexibility index (Phi) is 7.57. The van der Waals surface area contributed by atoms with Crippen molar-refractivity contribution >= 4 is 27.8 Å². The highest BCUT2D eigenvalue weighted by Crippen LogP contribution is 2.41. The minimum atomic E-state index is -0.733. The van der Waals surface area contributed by atoms with Crippen molar-refractivity contribution < 1.29 is 23.8 Å². The summed E-state index contributed by atoms with van der Waals surface area (Å²) in [4.78, 5) is 30.2. The van der Waals surface area contributed by atoms with Crippen molar-refractivity contribution in [3.63, 3.8) is 0 Å². The fraction of sp³-hybridized carbons (Fsp3) is 0.143. The number of H-pyrrole nitrogens is 1. The van der Waals surface area contributed by atoms with E-state index < -0.39 is 11.5 Å². The lowest BCUT2D eigenvalue weighted by atomic mass is 9.85. The number of carbonyl (C=O) groups is 1. The van der Waals surface area contributed by atoms with E-state index in [-0.39, 0.29) is 17.2 Å². The molecule has 1 atom stereocenters. The molecule has 0 radical (unpaired) electrons. The van der Waals surface area contributed by atoms with Crippen LogP contribution in [0, 0.1) is 0 Å².